The Balaban J connectivity index is -0.000000480. The lowest BCUT2D eigenvalue weighted by atomic mass is 9.91. The third kappa shape index (κ3) is 6.00. The van der Waals surface area contributed by atoms with E-state index < -0.39 is 48.1 Å². The number of alkyl halides is 17. The van der Waals surface area contributed by atoms with Gasteiger partial charge in [-0.1, -0.05) is 0 Å². The molecule has 0 aromatic rings. The third-order valence-corrected chi connectivity index (χ3v) is 2.63. The van der Waals surface area contributed by atoms with Gasteiger partial charge in [0, 0.05) is 0 Å². The Bertz CT molecular complexity index is 498. The minimum Gasteiger partial charge on any atom is -0.203 e. The monoisotopic (exact) mass is 932 g/mol. The second-order valence-corrected chi connectivity index (χ2v) is 4.29. The highest BCUT2D eigenvalue weighted by atomic mass is 127. The first kappa shape index (κ1) is 41.0. The van der Waals surface area contributed by atoms with E-state index in [-0.39, 0.29) is 95.9 Å². The molecule has 0 aliphatic heterocycles. The normalized spacial score (nSPS) is 14.3. The maximum atomic E-state index is 12.8. The summed E-state index contributed by atoms with van der Waals surface area (Å²) in [5, 5.41) is 0. The van der Waals surface area contributed by atoms with Crippen LogP contribution in [0.25, 0.3) is 0 Å². The van der Waals surface area contributed by atoms with Gasteiger partial charge in [0.25, 0.3) is 0 Å². The second kappa shape index (κ2) is 11.2. The van der Waals surface area contributed by atoms with E-state index in [0.29, 0.717) is 0 Å². The molecule has 0 saturated carbocycles. The van der Waals surface area contributed by atoms with Crippen LogP contribution in [0, 0.1) is 0 Å². The van der Waals surface area contributed by atoms with Crippen LogP contribution in [0.2, 0.25) is 0 Å². The molecule has 0 nitrogen and oxygen atoms in total. The van der Waals surface area contributed by atoms with Crippen molar-refractivity contribution in [3.63, 3.8) is 0 Å². The van der Waals surface area contributed by atoms with Gasteiger partial charge in [0.1, 0.15) is 0 Å². The zero-order valence-electron chi connectivity index (χ0n) is 12.1. The van der Waals surface area contributed by atoms with Crippen LogP contribution in [0.4, 0.5) is 74.6 Å². The largest absolute Gasteiger partial charge is 0.460 e. The molecule has 0 aliphatic rings. The van der Waals surface area contributed by atoms with Crippen LogP contribution in [-0.4, -0.2) is 48.1 Å². The maximum absolute atomic E-state index is 12.8. The van der Waals surface area contributed by atoms with Crippen molar-refractivity contribution >= 4 is 95.9 Å². The molecule has 0 spiro atoms. The standard InChI is InChI=1S/C8HF17.4HI/c9-1(10)2(11,12)3(13,14)4(15,16)5(17,18)6(19,20)7(21,22)8(23,24)25;;;;/h1H;4*1H. The molecule has 184 valence electrons. The summed E-state index contributed by atoms with van der Waals surface area (Å²) in [6.07, 6.45) is -13.6. The topological polar surface area (TPSA) is 0 Å². The maximum Gasteiger partial charge on any atom is 0.460 e. The molecule has 0 aliphatic carbocycles. The van der Waals surface area contributed by atoms with Gasteiger partial charge in [0.2, 0.25) is 0 Å². The molecule has 0 N–H and O–H groups in total. The van der Waals surface area contributed by atoms with Gasteiger partial charge >= 0.3 is 48.1 Å². The van der Waals surface area contributed by atoms with Crippen molar-refractivity contribution in [3.05, 3.63) is 0 Å². The third-order valence-electron chi connectivity index (χ3n) is 2.63. The summed E-state index contributed by atoms with van der Waals surface area (Å²) in [7, 11) is 0. The van der Waals surface area contributed by atoms with Gasteiger partial charge in [0.05, 0.1) is 0 Å². The van der Waals surface area contributed by atoms with Crippen LogP contribution in [0.1, 0.15) is 0 Å². The van der Waals surface area contributed by atoms with E-state index in [1.807, 2.05) is 0 Å². The molecule has 0 saturated heterocycles. The lowest BCUT2D eigenvalue weighted by Crippen LogP contribution is -2.73. The summed E-state index contributed by atoms with van der Waals surface area (Å²) in [4.78, 5) is 0. The zero-order valence-corrected chi connectivity index (χ0v) is 21.5. The summed E-state index contributed by atoms with van der Waals surface area (Å²) in [5.41, 5.74) is 0. The van der Waals surface area contributed by atoms with Gasteiger partial charge in [-0.3, -0.25) is 0 Å². The molecule has 0 radical (unpaired) electrons. The van der Waals surface area contributed by atoms with E-state index in [4.69, 9.17) is 0 Å². The van der Waals surface area contributed by atoms with Crippen molar-refractivity contribution in [1.82, 2.24) is 0 Å². The fraction of sp³-hybridized carbons (Fsp3) is 1.00. The van der Waals surface area contributed by atoms with Crippen molar-refractivity contribution in [2.45, 2.75) is 48.1 Å². The van der Waals surface area contributed by atoms with Gasteiger partial charge in [-0.25, -0.2) is 8.78 Å². The molecule has 0 aromatic heterocycles. The smallest absolute Gasteiger partial charge is 0.203 e. The lowest BCUT2D eigenvalue weighted by molar-refractivity contribution is -0.456. The Morgan fingerprint density at radius 3 is 0.759 bits per heavy atom. The highest BCUT2D eigenvalue weighted by molar-refractivity contribution is 14.0. The highest BCUT2D eigenvalue weighted by Crippen LogP contribution is 2.62. The Kier molecular flexibility index (Phi) is 15.9. The number of hydrogen-bond acceptors (Lipinski definition) is 0. The quantitative estimate of drug-likeness (QED) is 0.187. The fourth-order valence-electron chi connectivity index (χ4n) is 1.12. The SMILES string of the molecule is FC(F)C(F)(F)C(F)(F)C(F)(F)C(F)(F)C(F)(F)C(F)(F)C(F)(F)F.I.I.I.I. The van der Waals surface area contributed by atoms with Gasteiger partial charge < -0.3 is 0 Å². The predicted octanol–water partition coefficient (Wildman–Crippen LogP) is 8.10. The Hall–Kier alpha value is 1.73. The summed E-state index contributed by atoms with van der Waals surface area (Å²) in [6.45, 7) is 0. The molecule has 0 amide bonds. The Morgan fingerprint density at radius 2 is 0.552 bits per heavy atom. The lowest BCUT2D eigenvalue weighted by Gasteiger charge is -2.41. The van der Waals surface area contributed by atoms with Crippen LogP contribution in [-0.2, 0) is 0 Å². The molecule has 21 heteroatoms. The summed E-state index contributed by atoms with van der Waals surface area (Å²) in [5.74, 6) is -49.2. The van der Waals surface area contributed by atoms with Crippen molar-refractivity contribution in [2.24, 2.45) is 0 Å². The van der Waals surface area contributed by atoms with E-state index in [0.717, 1.165) is 0 Å². The molecular weight excluding hydrogens is 927 g/mol. The average Bonchev–Trinajstić information content (AvgIpc) is 2.35. The molecule has 0 fully saturated rings. The van der Waals surface area contributed by atoms with Gasteiger partial charge in [-0.05, 0) is 0 Å². The summed E-state index contributed by atoms with van der Waals surface area (Å²) in [6, 6.07) is 0. The zero-order chi connectivity index (χ0) is 21.1. The molecule has 0 unspecified atom stereocenters. The van der Waals surface area contributed by atoms with Crippen LogP contribution in [0.5, 0.6) is 0 Å². The molecular formula is C8H5F17I4. The first-order valence-electron chi connectivity index (χ1n) is 5.06. The Morgan fingerprint density at radius 1 is 0.345 bits per heavy atom. The average molecular weight is 932 g/mol. The predicted molar refractivity (Wildman–Crippen MR) is 103 cm³/mol. The number of halogens is 21. The molecule has 0 rings (SSSR count). The first-order valence-corrected chi connectivity index (χ1v) is 5.06. The van der Waals surface area contributed by atoms with Crippen molar-refractivity contribution in [2.75, 3.05) is 0 Å². The van der Waals surface area contributed by atoms with E-state index in [1.165, 1.54) is 0 Å². The summed E-state index contributed by atoms with van der Waals surface area (Å²) < 4.78 is 209. The molecule has 0 aromatic carbocycles. The summed E-state index contributed by atoms with van der Waals surface area (Å²) >= 11 is 0. The minimum absolute atomic E-state index is 0. The first-order chi connectivity index (χ1) is 10.4. The van der Waals surface area contributed by atoms with Gasteiger partial charge in [0.15, 0.2) is 0 Å². The van der Waals surface area contributed by atoms with E-state index in [1.54, 1.807) is 0 Å². The van der Waals surface area contributed by atoms with Crippen LogP contribution in [0.15, 0.2) is 0 Å². The van der Waals surface area contributed by atoms with Crippen LogP contribution >= 0.6 is 95.9 Å². The second-order valence-electron chi connectivity index (χ2n) is 4.29. The highest BCUT2D eigenvalue weighted by Gasteiger charge is 2.94. The number of hydrogen-bond donors (Lipinski definition) is 0. The van der Waals surface area contributed by atoms with Crippen LogP contribution < -0.4 is 0 Å². The van der Waals surface area contributed by atoms with E-state index in [2.05, 4.69) is 0 Å². The van der Waals surface area contributed by atoms with E-state index >= 15 is 0 Å². The van der Waals surface area contributed by atoms with Gasteiger partial charge in [-0.2, -0.15) is 65.9 Å². The van der Waals surface area contributed by atoms with Crippen molar-refractivity contribution in [1.29, 1.82) is 0 Å². The molecule has 0 atom stereocenters. The molecule has 0 bridgehead atoms. The number of rotatable bonds is 6. The van der Waals surface area contributed by atoms with E-state index in [9.17, 15) is 74.6 Å². The fourth-order valence-corrected chi connectivity index (χ4v) is 1.12. The van der Waals surface area contributed by atoms with Crippen LogP contribution in [0.3, 0.4) is 0 Å². The Labute approximate surface area is 217 Å². The van der Waals surface area contributed by atoms with Gasteiger partial charge in [-0.15, -0.1) is 95.9 Å². The van der Waals surface area contributed by atoms with Crippen molar-refractivity contribution in [3.8, 4) is 0 Å². The van der Waals surface area contributed by atoms with Crippen molar-refractivity contribution < 1.29 is 74.6 Å². The minimum atomic E-state index is -8.54. The molecule has 0 heterocycles. The molecule has 29 heavy (non-hydrogen) atoms.